The van der Waals surface area contributed by atoms with Crippen LogP contribution in [0.25, 0.3) is 0 Å². The molecule has 0 aromatic heterocycles. The second-order valence-electron chi connectivity index (χ2n) is 22.8. The number of carbonyl (C=O) groups excluding carboxylic acids is 1. The molecule has 0 aliphatic carbocycles. The smallest absolute Gasteiger partial charge is 0.308 e. The van der Waals surface area contributed by atoms with Crippen molar-refractivity contribution in [2.24, 2.45) is 11.8 Å². The van der Waals surface area contributed by atoms with Crippen LogP contribution in [0.3, 0.4) is 0 Å². The summed E-state index contributed by atoms with van der Waals surface area (Å²) in [6, 6.07) is 0. The van der Waals surface area contributed by atoms with E-state index in [4.69, 9.17) is 9.47 Å². The molecule has 0 fully saturated rings. The van der Waals surface area contributed by atoms with Gasteiger partial charge in [-0.2, -0.15) is 0 Å². The van der Waals surface area contributed by atoms with E-state index in [1.165, 1.54) is 289 Å². The number of nitrogens with zero attached hydrogens (tertiary/aromatic N) is 2. The monoisotopic (exact) mass is 987 g/mol. The summed E-state index contributed by atoms with van der Waals surface area (Å²) in [7, 11) is 4.39. The van der Waals surface area contributed by atoms with Gasteiger partial charge in [0.1, 0.15) is 0 Å². The molecule has 0 rings (SSSR count). The highest BCUT2D eigenvalue weighted by atomic mass is 16.5. The molecule has 5 heteroatoms. The van der Waals surface area contributed by atoms with Gasteiger partial charge in [0.2, 0.25) is 0 Å². The van der Waals surface area contributed by atoms with Crippen LogP contribution < -0.4 is 0 Å². The van der Waals surface area contributed by atoms with Crippen LogP contribution in [0.4, 0.5) is 0 Å². The van der Waals surface area contributed by atoms with Gasteiger partial charge in [-0.1, -0.05) is 291 Å². The third-order valence-corrected chi connectivity index (χ3v) is 15.5. The Morgan fingerprint density at radius 3 is 0.929 bits per heavy atom. The molecule has 0 aliphatic rings. The fourth-order valence-electron chi connectivity index (χ4n) is 10.5. The third-order valence-electron chi connectivity index (χ3n) is 15.5. The summed E-state index contributed by atoms with van der Waals surface area (Å²) in [5.74, 6) is 1.84. The first-order valence-corrected chi connectivity index (χ1v) is 32.2. The van der Waals surface area contributed by atoms with Crippen molar-refractivity contribution >= 4 is 5.97 Å². The Labute approximate surface area is 441 Å². The fraction of sp³-hybridized carbons (Fsp3) is 0.954. The SMILES string of the molecule is C=C(OCCCCCCN(CCCCCCOC(=O)C(CCCCCCCCCC)CCCCCCCCCCCC)CCN(C)C)C(CCCCCCCCCC)CCCCCCCCCCCC. The molecule has 0 aromatic carbocycles. The van der Waals surface area contributed by atoms with Crippen LogP contribution in [0.1, 0.15) is 336 Å². The molecule has 418 valence electrons. The normalized spacial score (nSPS) is 12.6. The van der Waals surface area contributed by atoms with Crippen molar-refractivity contribution in [3.05, 3.63) is 12.3 Å². The minimum atomic E-state index is 0.100. The number of hydrogen-bond acceptors (Lipinski definition) is 5. The minimum absolute atomic E-state index is 0.100. The largest absolute Gasteiger partial charge is 0.498 e. The zero-order chi connectivity index (χ0) is 51.1. The van der Waals surface area contributed by atoms with Crippen molar-refractivity contribution in [3.8, 4) is 0 Å². The van der Waals surface area contributed by atoms with Crippen LogP contribution in [-0.2, 0) is 14.3 Å². The van der Waals surface area contributed by atoms with E-state index in [9.17, 15) is 4.79 Å². The summed E-state index contributed by atoms with van der Waals surface area (Å²) in [6.07, 6.45) is 63.2. The maximum absolute atomic E-state index is 13.4. The Bertz CT molecular complexity index is 958. The molecule has 0 aliphatic heterocycles. The molecule has 0 bridgehead atoms. The highest BCUT2D eigenvalue weighted by Gasteiger charge is 2.20. The number of rotatable bonds is 60. The van der Waals surface area contributed by atoms with Crippen LogP contribution in [0.5, 0.6) is 0 Å². The van der Waals surface area contributed by atoms with Crippen molar-refractivity contribution in [2.45, 2.75) is 336 Å². The third kappa shape index (κ3) is 50.5. The number of allylic oxidation sites excluding steroid dienone is 1. The summed E-state index contributed by atoms with van der Waals surface area (Å²) in [4.78, 5) is 18.4. The molecule has 0 heterocycles. The van der Waals surface area contributed by atoms with E-state index >= 15 is 0 Å². The molecular weight excluding hydrogens is 857 g/mol. The van der Waals surface area contributed by atoms with Crippen LogP contribution in [0, 0.1) is 11.8 Å². The van der Waals surface area contributed by atoms with Crippen molar-refractivity contribution in [1.29, 1.82) is 0 Å². The van der Waals surface area contributed by atoms with Gasteiger partial charge in [0.15, 0.2) is 0 Å². The van der Waals surface area contributed by atoms with Crippen LogP contribution in [0.2, 0.25) is 0 Å². The number of hydrogen-bond donors (Lipinski definition) is 0. The van der Waals surface area contributed by atoms with Gasteiger partial charge in [-0.25, -0.2) is 0 Å². The average molecular weight is 988 g/mol. The number of esters is 1. The molecule has 2 atom stereocenters. The van der Waals surface area contributed by atoms with Crippen LogP contribution >= 0.6 is 0 Å². The molecule has 0 radical (unpaired) electrons. The van der Waals surface area contributed by atoms with Gasteiger partial charge in [-0.15, -0.1) is 0 Å². The lowest BCUT2D eigenvalue weighted by molar-refractivity contribution is -0.149. The Balaban J connectivity index is 4.59. The molecule has 0 N–H and O–H groups in total. The highest BCUT2D eigenvalue weighted by Crippen LogP contribution is 2.27. The van der Waals surface area contributed by atoms with Crippen molar-refractivity contribution in [2.75, 3.05) is 53.5 Å². The average Bonchev–Trinajstić information content (AvgIpc) is 3.35. The zero-order valence-corrected chi connectivity index (χ0v) is 49.2. The number of ether oxygens (including phenoxy) is 2. The van der Waals surface area contributed by atoms with E-state index in [-0.39, 0.29) is 11.9 Å². The maximum atomic E-state index is 13.4. The fourth-order valence-corrected chi connectivity index (χ4v) is 10.5. The number of likely N-dealkylation sites (N-methyl/N-ethyl adjacent to an activating group) is 1. The maximum Gasteiger partial charge on any atom is 0.308 e. The minimum Gasteiger partial charge on any atom is -0.498 e. The summed E-state index contributed by atoms with van der Waals surface area (Å²) in [5, 5.41) is 0. The molecule has 0 aromatic rings. The van der Waals surface area contributed by atoms with E-state index in [1.54, 1.807) is 0 Å². The molecule has 70 heavy (non-hydrogen) atoms. The van der Waals surface area contributed by atoms with Gasteiger partial charge in [0, 0.05) is 19.0 Å². The van der Waals surface area contributed by atoms with Crippen LogP contribution in [-0.4, -0.2) is 69.3 Å². The molecule has 0 saturated heterocycles. The first-order valence-electron chi connectivity index (χ1n) is 32.2. The first-order chi connectivity index (χ1) is 34.4. The van der Waals surface area contributed by atoms with Crippen LogP contribution in [0.15, 0.2) is 12.3 Å². The lowest BCUT2D eigenvalue weighted by atomic mass is 9.92. The Morgan fingerprint density at radius 1 is 0.329 bits per heavy atom. The highest BCUT2D eigenvalue weighted by molar-refractivity contribution is 5.72. The first kappa shape index (κ1) is 68.9. The zero-order valence-electron chi connectivity index (χ0n) is 49.2. The van der Waals surface area contributed by atoms with Gasteiger partial charge in [0.05, 0.1) is 24.9 Å². The summed E-state index contributed by atoms with van der Waals surface area (Å²) in [6.45, 7) is 19.8. The Morgan fingerprint density at radius 2 is 0.600 bits per heavy atom. The van der Waals surface area contributed by atoms with Crippen molar-refractivity contribution in [3.63, 3.8) is 0 Å². The van der Waals surface area contributed by atoms with Gasteiger partial charge < -0.3 is 19.3 Å². The van der Waals surface area contributed by atoms with E-state index in [0.29, 0.717) is 12.5 Å². The molecule has 0 saturated carbocycles. The predicted molar refractivity (Wildman–Crippen MR) is 312 cm³/mol. The number of unbranched alkanes of at least 4 members (excludes halogenated alkanes) is 38. The lowest BCUT2D eigenvalue weighted by Crippen LogP contribution is -2.33. The quantitative estimate of drug-likeness (QED) is 0.0345. The Kier molecular flexibility index (Phi) is 56.3. The molecular formula is C65H130N2O3. The second kappa shape index (κ2) is 57.2. The van der Waals surface area contributed by atoms with E-state index in [1.807, 2.05) is 0 Å². The predicted octanol–water partition coefficient (Wildman–Crippen LogP) is 21.0. The summed E-state index contributed by atoms with van der Waals surface area (Å²) < 4.78 is 12.4. The molecule has 5 nitrogen and oxygen atoms in total. The molecule has 2 unspecified atom stereocenters. The Hall–Kier alpha value is -1.07. The second-order valence-corrected chi connectivity index (χ2v) is 22.8. The standard InChI is InChI=1S/C65H130N2O3/c1-8-12-16-20-24-28-30-34-37-45-53-63(52-44-36-32-26-22-18-14-10-3)62(5)69-60-50-42-40-48-56-67(59-58-66(6)7)57-49-41-43-51-61-70-65(68)64(54-46-38-33-27-23-19-15-11-4)55-47-39-35-31-29-25-21-17-13-9-2/h63-64H,5,8-61H2,1-4,6-7H3. The van der Waals surface area contributed by atoms with E-state index < -0.39 is 0 Å². The van der Waals surface area contributed by atoms with Gasteiger partial charge in [-0.3, -0.25) is 4.79 Å². The van der Waals surface area contributed by atoms with E-state index in [0.717, 1.165) is 57.6 Å². The van der Waals surface area contributed by atoms with Gasteiger partial charge >= 0.3 is 5.97 Å². The molecule has 0 spiro atoms. The number of carbonyl (C=O) groups is 1. The van der Waals surface area contributed by atoms with Crippen molar-refractivity contribution in [1.82, 2.24) is 9.80 Å². The van der Waals surface area contributed by atoms with Gasteiger partial charge in [-0.05, 0) is 78.6 Å². The lowest BCUT2D eigenvalue weighted by Gasteiger charge is -2.24. The summed E-state index contributed by atoms with van der Waals surface area (Å²) in [5.41, 5.74) is 0. The van der Waals surface area contributed by atoms with Gasteiger partial charge in [0.25, 0.3) is 0 Å². The van der Waals surface area contributed by atoms with Crippen molar-refractivity contribution < 1.29 is 14.3 Å². The van der Waals surface area contributed by atoms with E-state index in [2.05, 4.69) is 58.2 Å². The molecule has 0 amide bonds. The summed E-state index contributed by atoms with van der Waals surface area (Å²) >= 11 is 0. The topological polar surface area (TPSA) is 42.0 Å².